The van der Waals surface area contributed by atoms with Crippen LogP contribution in [-0.2, 0) is 0 Å². The summed E-state index contributed by atoms with van der Waals surface area (Å²) in [4.78, 5) is 15.2. The Bertz CT molecular complexity index is 816. The van der Waals surface area contributed by atoms with Crippen LogP contribution >= 0.6 is 0 Å². The van der Waals surface area contributed by atoms with E-state index in [2.05, 4.69) is 25.8 Å². The minimum atomic E-state index is -0.384. The van der Waals surface area contributed by atoms with E-state index in [1.54, 1.807) is 12.3 Å². The van der Waals surface area contributed by atoms with Crippen LogP contribution in [0.4, 0.5) is 21.8 Å². The fourth-order valence-electron chi connectivity index (χ4n) is 3.28. The van der Waals surface area contributed by atoms with Crippen molar-refractivity contribution in [2.45, 2.75) is 18.9 Å². The lowest BCUT2D eigenvalue weighted by Crippen LogP contribution is -2.47. The first-order valence-corrected chi connectivity index (χ1v) is 8.67. The SMILES string of the molecule is CN(C)c1ccnc(N(C)C2CCCN(c3ccc(F)cc3C#N)C2)n1. The molecule has 2 heterocycles. The summed E-state index contributed by atoms with van der Waals surface area (Å²) in [6.07, 6.45) is 3.78. The monoisotopic (exact) mass is 354 g/mol. The number of aromatic nitrogens is 2. The number of hydrogen-bond acceptors (Lipinski definition) is 6. The first-order chi connectivity index (χ1) is 12.5. The van der Waals surface area contributed by atoms with Crippen molar-refractivity contribution in [3.8, 4) is 6.07 Å². The molecule has 1 saturated heterocycles. The Kier molecular flexibility index (Phi) is 5.21. The molecular weight excluding hydrogens is 331 g/mol. The van der Waals surface area contributed by atoms with Crippen LogP contribution in [0.5, 0.6) is 0 Å². The minimum Gasteiger partial charge on any atom is -0.368 e. The molecule has 1 aromatic heterocycles. The van der Waals surface area contributed by atoms with Crippen molar-refractivity contribution in [2.75, 3.05) is 48.9 Å². The summed E-state index contributed by atoms with van der Waals surface area (Å²) in [5, 5.41) is 9.33. The van der Waals surface area contributed by atoms with Crippen LogP contribution in [-0.4, -0.2) is 50.2 Å². The van der Waals surface area contributed by atoms with Crippen LogP contribution in [0.2, 0.25) is 0 Å². The van der Waals surface area contributed by atoms with Crippen molar-refractivity contribution in [1.82, 2.24) is 9.97 Å². The molecule has 0 aliphatic carbocycles. The largest absolute Gasteiger partial charge is 0.368 e. The maximum Gasteiger partial charge on any atom is 0.227 e. The van der Waals surface area contributed by atoms with Gasteiger partial charge in [-0.1, -0.05) is 0 Å². The van der Waals surface area contributed by atoms with Crippen LogP contribution in [0.1, 0.15) is 18.4 Å². The van der Waals surface area contributed by atoms with Crippen molar-refractivity contribution < 1.29 is 4.39 Å². The predicted octanol–water partition coefficient (Wildman–Crippen LogP) is 2.66. The molecule has 136 valence electrons. The number of hydrogen-bond donors (Lipinski definition) is 0. The fourth-order valence-corrected chi connectivity index (χ4v) is 3.28. The van der Waals surface area contributed by atoms with Gasteiger partial charge < -0.3 is 14.7 Å². The van der Waals surface area contributed by atoms with Gasteiger partial charge in [-0.15, -0.1) is 0 Å². The molecule has 6 nitrogen and oxygen atoms in total. The number of nitrogens with zero attached hydrogens (tertiary/aromatic N) is 6. The van der Waals surface area contributed by atoms with Gasteiger partial charge >= 0.3 is 0 Å². The average molecular weight is 354 g/mol. The number of likely N-dealkylation sites (N-methyl/N-ethyl adjacent to an activating group) is 1. The highest BCUT2D eigenvalue weighted by Crippen LogP contribution is 2.27. The summed E-state index contributed by atoms with van der Waals surface area (Å²) in [6, 6.07) is 8.60. The van der Waals surface area contributed by atoms with Gasteiger partial charge in [-0.05, 0) is 37.1 Å². The van der Waals surface area contributed by atoms with Crippen molar-refractivity contribution in [3.05, 3.63) is 41.8 Å². The van der Waals surface area contributed by atoms with Crippen molar-refractivity contribution in [3.63, 3.8) is 0 Å². The van der Waals surface area contributed by atoms with Gasteiger partial charge in [-0.2, -0.15) is 10.2 Å². The van der Waals surface area contributed by atoms with E-state index in [9.17, 15) is 9.65 Å². The molecule has 0 radical (unpaired) electrons. The highest BCUT2D eigenvalue weighted by Gasteiger charge is 2.26. The number of anilines is 3. The Morgan fingerprint density at radius 2 is 2.08 bits per heavy atom. The quantitative estimate of drug-likeness (QED) is 0.841. The molecule has 1 atom stereocenters. The first kappa shape index (κ1) is 17.9. The van der Waals surface area contributed by atoms with Crippen molar-refractivity contribution >= 4 is 17.5 Å². The molecule has 7 heteroatoms. The van der Waals surface area contributed by atoms with E-state index >= 15 is 0 Å². The predicted molar refractivity (Wildman–Crippen MR) is 101 cm³/mol. The molecule has 26 heavy (non-hydrogen) atoms. The first-order valence-electron chi connectivity index (χ1n) is 8.67. The van der Waals surface area contributed by atoms with Crippen molar-refractivity contribution in [1.29, 1.82) is 5.26 Å². The van der Waals surface area contributed by atoms with Crippen LogP contribution in [0.3, 0.4) is 0 Å². The van der Waals surface area contributed by atoms with Crippen LogP contribution in [0.25, 0.3) is 0 Å². The molecule has 2 aromatic rings. The topological polar surface area (TPSA) is 59.3 Å². The Morgan fingerprint density at radius 3 is 2.81 bits per heavy atom. The molecule has 3 rings (SSSR count). The molecule has 0 spiro atoms. The zero-order chi connectivity index (χ0) is 18.7. The highest BCUT2D eigenvalue weighted by atomic mass is 19.1. The van der Waals surface area contributed by atoms with Gasteiger partial charge in [0.25, 0.3) is 0 Å². The van der Waals surface area contributed by atoms with E-state index in [1.165, 1.54) is 12.1 Å². The standard InChI is InChI=1S/C19H23FN6/c1-24(2)18-8-9-22-19(23-18)25(3)16-5-4-10-26(13-16)17-7-6-15(20)11-14(17)12-21/h6-9,11,16H,4-5,10,13H2,1-3H3. The lowest BCUT2D eigenvalue weighted by Gasteiger charge is -2.39. The third-order valence-corrected chi connectivity index (χ3v) is 4.77. The van der Waals surface area contributed by atoms with Gasteiger partial charge in [-0.3, -0.25) is 0 Å². The maximum atomic E-state index is 13.4. The molecule has 0 bridgehead atoms. The number of nitriles is 1. The third-order valence-electron chi connectivity index (χ3n) is 4.77. The van der Waals surface area contributed by atoms with Gasteiger partial charge in [0.1, 0.15) is 17.7 Å². The molecule has 0 amide bonds. The molecule has 1 aliphatic rings. The zero-order valence-corrected chi connectivity index (χ0v) is 15.4. The molecule has 0 N–H and O–H groups in total. The Labute approximate surface area is 153 Å². The van der Waals surface area contributed by atoms with Crippen LogP contribution < -0.4 is 14.7 Å². The normalized spacial score (nSPS) is 16.9. The van der Waals surface area contributed by atoms with E-state index in [0.717, 1.165) is 37.4 Å². The average Bonchev–Trinajstić information content (AvgIpc) is 2.67. The lowest BCUT2D eigenvalue weighted by molar-refractivity contribution is 0.483. The van der Waals surface area contributed by atoms with E-state index in [1.807, 2.05) is 32.1 Å². The molecular formula is C19H23FN6. The smallest absolute Gasteiger partial charge is 0.227 e. The number of halogens is 1. The van der Waals surface area contributed by atoms with E-state index < -0.39 is 0 Å². The molecule has 1 unspecified atom stereocenters. The molecule has 0 saturated carbocycles. The van der Waals surface area contributed by atoms with Gasteiger partial charge in [0.05, 0.1) is 11.3 Å². The second-order valence-corrected chi connectivity index (χ2v) is 6.74. The summed E-state index contributed by atoms with van der Waals surface area (Å²) >= 11 is 0. The zero-order valence-electron chi connectivity index (χ0n) is 15.4. The summed E-state index contributed by atoms with van der Waals surface area (Å²) in [6.45, 7) is 1.59. The molecule has 1 aromatic carbocycles. The second-order valence-electron chi connectivity index (χ2n) is 6.74. The number of benzene rings is 1. The summed E-state index contributed by atoms with van der Waals surface area (Å²) in [5.41, 5.74) is 1.16. The van der Waals surface area contributed by atoms with Gasteiger partial charge in [0, 0.05) is 46.5 Å². The second kappa shape index (κ2) is 7.56. The Balaban J connectivity index is 1.80. The molecule has 1 fully saturated rings. The van der Waals surface area contributed by atoms with Gasteiger partial charge in [0.15, 0.2) is 0 Å². The summed E-state index contributed by atoms with van der Waals surface area (Å²) in [7, 11) is 5.90. The van der Waals surface area contributed by atoms with E-state index in [0.29, 0.717) is 11.5 Å². The Hall–Kier alpha value is -2.88. The van der Waals surface area contributed by atoms with Gasteiger partial charge in [-0.25, -0.2) is 9.37 Å². The summed E-state index contributed by atoms with van der Waals surface area (Å²) < 4.78 is 13.4. The molecule has 1 aliphatic heterocycles. The van der Waals surface area contributed by atoms with Crippen LogP contribution in [0, 0.1) is 17.1 Å². The lowest BCUT2D eigenvalue weighted by atomic mass is 10.0. The Morgan fingerprint density at radius 1 is 1.27 bits per heavy atom. The fraction of sp³-hybridized carbons (Fsp3) is 0.421. The summed E-state index contributed by atoms with van der Waals surface area (Å²) in [5.74, 6) is 1.16. The maximum absolute atomic E-state index is 13.4. The number of piperidine rings is 1. The van der Waals surface area contributed by atoms with Gasteiger partial charge in [0.2, 0.25) is 5.95 Å². The highest BCUT2D eigenvalue weighted by molar-refractivity contribution is 5.60. The van der Waals surface area contributed by atoms with E-state index in [4.69, 9.17) is 0 Å². The van der Waals surface area contributed by atoms with Crippen molar-refractivity contribution in [2.24, 2.45) is 0 Å². The van der Waals surface area contributed by atoms with Crippen LogP contribution in [0.15, 0.2) is 30.5 Å². The van der Waals surface area contributed by atoms with E-state index in [-0.39, 0.29) is 11.9 Å². The number of rotatable bonds is 4. The third kappa shape index (κ3) is 3.69. The minimum absolute atomic E-state index is 0.220.